The highest BCUT2D eigenvalue weighted by atomic mass is 16.5. The third-order valence-corrected chi connectivity index (χ3v) is 4.07. The van der Waals surface area contributed by atoms with Crippen LogP contribution in [0.15, 0.2) is 18.2 Å². The van der Waals surface area contributed by atoms with Gasteiger partial charge in [-0.3, -0.25) is 4.90 Å². The molecule has 1 aromatic carbocycles. The third-order valence-electron chi connectivity index (χ3n) is 4.07. The number of ether oxygens (including phenoxy) is 2. The van der Waals surface area contributed by atoms with Gasteiger partial charge in [0.2, 0.25) is 0 Å². The Balaban J connectivity index is 1.92. The normalized spacial score (nSPS) is 16.2. The van der Waals surface area contributed by atoms with E-state index < -0.39 is 0 Å². The molecule has 22 heavy (non-hydrogen) atoms. The first-order valence-electron chi connectivity index (χ1n) is 8.35. The minimum atomic E-state index is 0.750. The molecule has 1 fully saturated rings. The maximum Gasteiger partial charge on any atom is 0.123 e. The molecule has 1 heterocycles. The summed E-state index contributed by atoms with van der Waals surface area (Å²) in [6, 6.07) is 6.52. The fraction of sp³-hybridized carbons (Fsp3) is 0.667. The van der Waals surface area contributed by atoms with E-state index >= 15 is 0 Å². The third kappa shape index (κ3) is 5.59. The molecule has 4 heteroatoms. The lowest BCUT2D eigenvalue weighted by atomic mass is 10.1. The number of nitrogens with zero attached hydrogens (tertiary/aromatic N) is 1. The minimum Gasteiger partial charge on any atom is -0.496 e. The molecule has 0 bridgehead atoms. The second-order valence-electron chi connectivity index (χ2n) is 6.39. The lowest BCUT2D eigenvalue weighted by Gasteiger charge is -2.27. The predicted octanol–water partition coefficient (Wildman–Crippen LogP) is 2.66. The van der Waals surface area contributed by atoms with E-state index in [1.165, 1.54) is 17.5 Å². The number of rotatable bonds is 8. The summed E-state index contributed by atoms with van der Waals surface area (Å²) in [4.78, 5) is 2.43. The van der Waals surface area contributed by atoms with Crippen LogP contribution in [-0.2, 0) is 17.8 Å². The number of hydrogen-bond acceptors (Lipinski definition) is 4. The summed E-state index contributed by atoms with van der Waals surface area (Å²) in [7, 11) is 1.75. The fourth-order valence-electron chi connectivity index (χ4n) is 2.69. The lowest BCUT2D eigenvalue weighted by molar-refractivity contribution is 0.0339. The van der Waals surface area contributed by atoms with E-state index in [9.17, 15) is 0 Å². The van der Waals surface area contributed by atoms with E-state index in [-0.39, 0.29) is 0 Å². The van der Waals surface area contributed by atoms with Gasteiger partial charge in [-0.1, -0.05) is 19.9 Å². The van der Waals surface area contributed by atoms with Crippen LogP contribution in [0.5, 0.6) is 5.75 Å². The Morgan fingerprint density at radius 3 is 2.73 bits per heavy atom. The smallest absolute Gasteiger partial charge is 0.123 e. The van der Waals surface area contributed by atoms with Crippen LogP contribution in [0.1, 0.15) is 31.4 Å². The highest BCUT2D eigenvalue weighted by molar-refractivity contribution is 5.37. The van der Waals surface area contributed by atoms with Crippen LogP contribution in [0, 0.1) is 5.92 Å². The highest BCUT2D eigenvalue weighted by Crippen LogP contribution is 2.22. The van der Waals surface area contributed by atoms with Crippen LogP contribution in [0.4, 0.5) is 0 Å². The predicted molar refractivity (Wildman–Crippen MR) is 90.3 cm³/mol. The monoisotopic (exact) mass is 306 g/mol. The Morgan fingerprint density at radius 2 is 2.05 bits per heavy atom. The minimum absolute atomic E-state index is 0.750. The van der Waals surface area contributed by atoms with Crippen LogP contribution >= 0.6 is 0 Å². The van der Waals surface area contributed by atoms with Crippen molar-refractivity contribution in [3.63, 3.8) is 0 Å². The Kier molecular flexibility index (Phi) is 7.16. The summed E-state index contributed by atoms with van der Waals surface area (Å²) in [5.74, 6) is 1.73. The molecule has 0 amide bonds. The Morgan fingerprint density at radius 1 is 1.27 bits per heavy atom. The molecule has 1 aromatic rings. The summed E-state index contributed by atoms with van der Waals surface area (Å²) >= 11 is 0. The fourth-order valence-corrected chi connectivity index (χ4v) is 2.69. The lowest BCUT2D eigenvalue weighted by Crippen LogP contribution is -2.35. The number of morpholine rings is 1. The number of benzene rings is 1. The number of nitrogens with one attached hydrogen (secondary N) is 1. The van der Waals surface area contributed by atoms with E-state index in [2.05, 4.69) is 42.3 Å². The molecule has 1 aliphatic rings. The van der Waals surface area contributed by atoms with Crippen molar-refractivity contribution < 1.29 is 9.47 Å². The standard InChI is InChI=1S/C18H30N2O2/c1-15(2)6-7-19-13-16-4-5-18(21-3)17(12-16)14-20-8-10-22-11-9-20/h4-5,12,15,19H,6-11,13-14H2,1-3H3. The number of hydrogen-bond donors (Lipinski definition) is 1. The topological polar surface area (TPSA) is 33.7 Å². The average Bonchev–Trinajstić information content (AvgIpc) is 2.53. The molecule has 0 aliphatic carbocycles. The second kappa shape index (κ2) is 9.13. The first-order chi connectivity index (χ1) is 10.7. The van der Waals surface area contributed by atoms with Gasteiger partial charge in [0.25, 0.3) is 0 Å². The van der Waals surface area contributed by atoms with Crippen LogP contribution < -0.4 is 10.1 Å². The molecule has 4 nitrogen and oxygen atoms in total. The van der Waals surface area contributed by atoms with Gasteiger partial charge in [0.1, 0.15) is 5.75 Å². The molecular formula is C18H30N2O2. The SMILES string of the molecule is COc1ccc(CNCCC(C)C)cc1CN1CCOCC1. The summed E-state index contributed by atoms with van der Waals surface area (Å²) in [6.45, 7) is 11.1. The van der Waals surface area contributed by atoms with Crippen molar-refractivity contribution in [2.75, 3.05) is 40.0 Å². The Hall–Kier alpha value is -1.10. The van der Waals surface area contributed by atoms with Crippen LogP contribution in [-0.4, -0.2) is 44.9 Å². The Bertz CT molecular complexity index is 443. The zero-order chi connectivity index (χ0) is 15.8. The zero-order valence-corrected chi connectivity index (χ0v) is 14.2. The molecular weight excluding hydrogens is 276 g/mol. The van der Waals surface area contributed by atoms with Gasteiger partial charge in [-0.25, -0.2) is 0 Å². The van der Waals surface area contributed by atoms with E-state index in [0.717, 1.165) is 57.6 Å². The zero-order valence-electron chi connectivity index (χ0n) is 14.2. The molecule has 1 aliphatic heterocycles. The van der Waals surface area contributed by atoms with Gasteiger partial charge in [-0.2, -0.15) is 0 Å². The molecule has 2 rings (SSSR count). The molecule has 0 unspecified atom stereocenters. The maximum absolute atomic E-state index is 5.52. The van der Waals surface area contributed by atoms with Gasteiger partial charge in [-0.05, 0) is 36.6 Å². The van der Waals surface area contributed by atoms with Crippen molar-refractivity contribution in [1.82, 2.24) is 10.2 Å². The van der Waals surface area contributed by atoms with Gasteiger partial charge in [0.15, 0.2) is 0 Å². The summed E-state index contributed by atoms with van der Waals surface area (Å²) in [5, 5.41) is 3.53. The van der Waals surface area contributed by atoms with Gasteiger partial charge in [0, 0.05) is 31.7 Å². The first kappa shape index (κ1) is 17.3. The van der Waals surface area contributed by atoms with Crippen molar-refractivity contribution in [3.05, 3.63) is 29.3 Å². The molecule has 1 N–H and O–H groups in total. The molecule has 1 saturated heterocycles. The van der Waals surface area contributed by atoms with Crippen molar-refractivity contribution in [3.8, 4) is 5.75 Å². The van der Waals surface area contributed by atoms with Crippen molar-refractivity contribution >= 4 is 0 Å². The maximum atomic E-state index is 5.52. The molecule has 0 aromatic heterocycles. The molecule has 0 saturated carbocycles. The van der Waals surface area contributed by atoms with E-state index in [0.29, 0.717) is 0 Å². The summed E-state index contributed by atoms with van der Waals surface area (Å²) in [5.41, 5.74) is 2.60. The van der Waals surface area contributed by atoms with Crippen molar-refractivity contribution in [1.29, 1.82) is 0 Å². The van der Waals surface area contributed by atoms with E-state index in [1.54, 1.807) is 7.11 Å². The first-order valence-corrected chi connectivity index (χ1v) is 8.35. The largest absolute Gasteiger partial charge is 0.496 e. The number of methoxy groups -OCH3 is 1. The van der Waals surface area contributed by atoms with Crippen molar-refractivity contribution in [2.24, 2.45) is 5.92 Å². The second-order valence-corrected chi connectivity index (χ2v) is 6.39. The van der Waals surface area contributed by atoms with E-state index in [4.69, 9.17) is 9.47 Å². The van der Waals surface area contributed by atoms with Gasteiger partial charge in [-0.15, -0.1) is 0 Å². The Labute approximate surface area is 134 Å². The van der Waals surface area contributed by atoms with Crippen LogP contribution in [0.25, 0.3) is 0 Å². The van der Waals surface area contributed by atoms with Gasteiger partial charge >= 0.3 is 0 Å². The van der Waals surface area contributed by atoms with Gasteiger partial charge < -0.3 is 14.8 Å². The highest BCUT2D eigenvalue weighted by Gasteiger charge is 2.13. The van der Waals surface area contributed by atoms with E-state index in [1.807, 2.05) is 0 Å². The molecule has 0 spiro atoms. The quantitative estimate of drug-likeness (QED) is 0.749. The summed E-state index contributed by atoms with van der Waals surface area (Å²) in [6.07, 6.45) is 1.22. The van der Waals surface area contributed by atoms with Crippen LogP contribution in [0.3, 0.4) is 0 Å². The molecule has 0 radical (unpaired) electrons. The van der Waals surface area contributed by atoms with Crippen LogP contribution in [0.2, 0.25) is 0 Å². The van der Waals surface area contributed by atoms with Gasteiger partial charge in [0.05, 0.1) is 20.3 Å². The molecule has 124 valence electrons. The van der Waals surface area contributed by atoms with Crippen molar-refractivity contribution in [2.45, 2.75) is 33.4 Å². The molecule has 0 atom stereocenters. The summed E-state index contributed by atoms with van der Waals surface area (Å²) < 4.78 is 10.9. The average molecular weight is 306 g/mol.